The van der Waals surface area contributed by atoms with E-state index in [1.54, 1.807) is 6.07 Å². The number of rotatable bonds is 7. The SMILES string of the molecule is Cc1ccccc1OC[C@@H](O)C(=O)NC1(CC(=O)O)CCCCC1. The van der Waals surface area contributed by atoms with E-state index in [1.807, 2.05) is 25.1 Å². The number of carboxylic acids is 1. The number of para-hydroxylation sites is 1. The van der Waals surface area contributed by atoms with Crippen molar-refractivity contribution in [3.63, 3.8) is 0 Å². The molecule has 6 heteroatoms. The third kappa shape index (κ3) is 4.96. The minimum atomic E-state index is -1.34. The van der Waals surface area contributed by atoms with Crippen LogP contribution in [0, 0.1) is 6.92 Å². The van der Waals surface area contributed by atoms with Crippen molar-refractivity contribution in [3.8, 4) is 5.75 Å². The lowest BCUT2D eigenvalue weighted by Crippen LogP contribution is -2.54. The molecular formula is C18H25NO5. The van der Waals surface area contributed by atoms with Gasteiger partial charge in [0.05, 0.1) is 12.0 Å². The zero-order valence-electron chi connectivity index (χ0n) is 14.0. The van der Waals surface area contributed by atoms with E-state index in [0.29, 0.717) is 18.6 Å². The van der Waals surface area contributed by atoms with Crippen LogP contribution in [0.1, 0.15) is 44.1 Å². The Kier molecular flexibility index (Phi) is 6.20. The summed E-state index contributed by atoms with van der Waals surface area (Å²) in [6, 6.07) is 7.35. The number of ether oxygens (including phenoxy) is 1. The molecule has 1 aliphatic carbocycles. The summed E-state index contributed by atoms with van der Waals surface area (Å²) < 4.78 is 5.50. The fourth-order valence-electron chi connectivity index (χ4n) is 3.17. The van der Waals surface area contributed by atoms with Gasteiger partial charge < -0.3 is 20.3 Å². The number of hydrogen-bond donors (Lipinski definition) is 3. The maximum absolute atomic E-state index is 12.3. The van der Waals surface area contributed by atoms with Gasteiger partial charge in [-0.25, -0.2) is 0 Å². The molecular weight excluding hydrogens is 310 g/mol. The zero-order valence-corrected chi connectivity index (χ0v) is 14.0. The number of amides is 1. The number of aliphatic carboxylic acids is 1. The highest BCUT2D eigenvalue weighted by Crippen LogP contribution is 2.31. The lowest BCUT2D eigenvalue weighted by Gasteiger charge is -2.37. The molecule has 0 radical (unpaired) electrons. The van der Waals surface area contributed by atoms with Gasteiger partial charge in [-0.05, 0) is 31.4 Å². The normalized spacial score (nSPS) is 17.8. The number of aryl methyl sites for hydroxylation is 1. The minimum absolute atomic E-state index is 0.121. The van der Waals surface area contributed by atoms with Gasteiger partial charge in [-0.2, -0.15) is 0 Å². The van der Waals surface area contributed by atoms with Crippen LogP contribution in [0.5, 0.6) is 5.75 Å². The van der Waals surface area contributed by atoms with Crippen LogP contribution in [-0.2, 0) is 9.59 Å². The van der Waals surface area contributed by atoms with Crippen LogP contribution < -0.4 is 10.1 Å². The van der Waals surface area contributed by atoms with Gasteiger partial charge in [0.1, 0.15) is 12.4 Å². The van der Waals surface area contributed by atoms with E-state index in [4.69, 9.17) is 9.84 Å². The average molecular weight is 335 g/mol. The summed E-state index contributed by atoms with van der Waals surface area (Å²) in [4.78, 5) is 23.4. The van der Waals surface area contributed by atoms with E-state index >= 15 is 0 Å². The van der Waals surface area contributed by atoms with Crippen LogP contribution in [0.2, 0.25) is 0 Å². The van der Waals surface area contributed by atoms with E-state index in [2.05, 4.69) is 5.32 Å². The number of hydrogen-bond acceptors (Lipinski definition) is 4. The molecule has 6 nitrogen and oxygen atoms in total. The Morgan fingerprint density at radius 3 is 2.54 bits per heavy atom. The molecule has 1 saturated carbocycles. The van der Waals surface area contributed by atoms with E-state index in [0.717, 1.165) is 24.8 Å². The van der Waals surface area contributed by atoms with Crippen molar-refractivity contribution in [2.24, 2.45) is 0 Å². The quantitative estimate of drug-likeness (QED) is 0.708. The topological polar surface area (TPSA) is 95.9 Å². The monoisotopic (exact) mass is 335 g/mol. The highest BCUT2D eigenvalue weighted by Gasteiger charge is 2.37. The molecule has 1 fully saturated rings. The summed E-state index contributed by atoms with van der Waals surface area (Å²) in [6.45, 7) is 1.71. The molecule has 1 atom stereocenters. The van der Waals surface area contributed by atoms with Crippen LogP contribution in [-0.4, -0.2) is 40.3 Å². The fourth-order valence-corrected chi connectivity index (χ4v) is 3.17. The van der Waals surface area contributed by atoms with Crippen LogP contribution in [0.25, 0.3) is 0 Å². The van der Waals surface area contributed by atoms with Crippen molar-refractivity contribution in [2.75, 3.05) is 6.61 Å². The number of carboxylic acid groups (broad SMARTS) is 1. The third-order valence-electron chi connectivity index (χ3n) is 4.48. The van der Waals surface area contributed by atoms with Crippen molar-refractivity contribution in [1.29, 1.82) is 0 Å². The number of nitrogens with one attached hydrogen (secondary N) is 1. The second-order valence-electron chi connectivity index (χ2n) is 6.49. The minimum Gasteiger partial charge on any atom is -0.490 e. The molecule has 0 aromatic heterocycles. The predicted octanol–water partition coefficient (Wildman–Crippen LogP) is 2.03. The van der Waals surface area contributed by atoms with Gasteiger partial charge in [0, 0.05) is 0 Å². The molecule has 0 heterocycles. The molecule has 1 aliphatic rings. The van der Waals surface area contributed by atoms with Crippen LogP contribution >= 0.6 is 0 Å². The first-order chi connectivity index (χ1) is 11.4. The lowest BCUT2D eigenvalue weighted by molar-refractivity contribution is -0.140. The maximum Gasteiger partial charge on any atom is 0.305 e. The molecule has 0 bridgehead atoms. The average Bonchev–Trinajstić information content (AvgIpc) is 2.53. The highest BCUT2D eigenvalue weighted by molar-refractivity contribution is 5.82. The predicted molar refractivity (Wildman–Crippen MR) is 88.9 cm³/mol. The summed E-state index contributed by atoms with van der Waals surface area (Å²) in [7, 11) is 0. The second-order valence-corrected chi connectivity index (χ2v) is 6.49. The van der Waals surface area contributed by atoms with Crippen LogP contribution in [0.4, 0.5) is 0 Å². The summed E-state index contributed by atoms with van der Waals surface area (Å²) >= 11 is 0. The van der Waals surface area contributed by atoms with Crippen molar-refractivity contribution >= 4 is 11.9 Å². The number of aliphatic hydroxyl groups is 1. The molecule has 0 saturated heterocycles. The van der Waals surface area contributed by atoms with E-state index in [1.165, 1.54) is 0 Å². The van der Waals surface area contributed by atoms with Crippen molar-refractivity contribution in [1.82, 2.24) is 5.32 Å². The summed E-state index contributed by atoms with van der Waals surface area (Å²) in [5.74, 6) is -0.906. The first kappa shape index (κ1) is 18.3. The Bertz CT molecular complexity index is 581. The lowest BCUT2D eigenvalue weighted by atomic mass is 9.79. The maximum atomic E-state index is 12.3. The highest BCUT2D eigenvalue weighted by atomic mass is 16.5. The molecule has 24 heavy (non-hydrogen) atoms. The number of aliphatic hydroxyl groups excluding tert-OH is 1. The summed E-state index contributed by atoms with van der Waals surface area (Å²) in [5.41, 5.74) is 0.157. The Balaban J connectivity index is 1.93. The molecule has 2 rings (SSSR count). The van der Waals surface area contributed by atoms with Gasteiger partial charge in [0.25, 0.3) is 5.91 Å². The largest absolute Gasteiger partial charge is 0.490 e. The molecule has 1 aromatic carbocycles. The van der Waals surface area contributed by atoms with Gasteiger partial charge in [-0.15, -0.1) is 0 Å². The number of benzene rings is 1. The smallest absolute Gasteiger partial charge is 0.305 e. The van der Waals surface area contributed by atoms with Crippen molar-refractivity contribution in [3.05, 3.63) is 29.8 Å². The molecule has 0 aliphatic heterocycles. The van der Waals surface area contributed by atoms with Gasteiger partial charge in [0.2, 0.25) is 0 Å². The van der Waals surface area contributed by atoms with Gasteiger partial charge >= 0.3 is 5.97 Å². The third-order valence-corrected chi connectivity index (χ3v) is 4.48. The van der Waals surface area contributed by atoms with E-state index in [-0.39, 0.29) is 13.0 Å². The Morgan fingerprint density at radius 1 is 1.25 bits per heavy atom. The van der Waals surface area contributed by atoms with Crippen molar-refractivity contribution in [2.45, 2.75) is 57.1 Å². The van der Waals surface area contributed by atoms with Crippen molar-refractivity contribution < 1.29 is 24.5 Å². The Morgan fingerprint density at radius 2 is 1.92 bits per heavy atom. The van der Waals surface area contributed by atoms with E-state index in [9.17, 15) is 14.7 Å². The molecule has 0 spiro atoms. The van der Waals surface area contributed by atoms with Gasteiger partial charge in [0.15, 0.2) is 6.10 Å². The first-order valence-corrected chi connectivity index (χ1v) is 8.32. The first-order valence-electron chi connectivity index (χ1n) is 8.32. The Labute approximate surface area is 141 Å². The Hall–Kier alpha value is -2.08. The summed E-state index contributed by atoms with van der Waals surface area (Å²) in [5, 5.41) is 22.0. The molecule has 1 aromatic rings. The standard InChI is InChI=1S/C18H25NO5/c1-13-7-3-4-8-15(13)24-12-14(20)17(23)19-18(11-16(21)22)9-5-2-6-10-18/h3-4,7-8,14,20H,2,5-6,9-12H2,1H3,(H,19,23)(H,21,22)/t14-/m1/s1. The zero-order chi connectivity index (χ0) is 17.6. The van der Waals surface area contributed by atoms with Crippen LogP contribution in [0.15, 0.2) is 24.3 Å². The fraction of sp³-hybridized carbons (Fsp3) is 0.556. The number of carbonyl (C=O) groups is 2. The van der Waals surface area contributed by atoms with Gasteiger partial charge in [-0.3, -0.25) is 9.59 Å². The molecule has 1 amide bonds. The second kappa shape index (κ2) is 8.15. The van der Waals surface area contributed by atoms with Gasteiger partial charge in [-0.1, -0.05) is 37.5 Å². The molecule has 0 unspecified atom stereocenters. The molecule has 132 valence electrons. The number of carbonyl (C=O) groups excluding carboxylic acids is 1. The van der Waals surface area contributed by atoms with E-state index < -0.39 is 23.5 Å². The van der Waals surface area contributed by atoms with Crippen LogP contribution in [0.3, 0.4) is 0 Å². The molecule has 3 N–H and O–H groups in total. The summed E-state index contributed by atoms with van der Waals surface area (Å²) in [6.07, 6.45) is 2.58.